The van der Waals surface area contributed by atoms with Gasteiger partial charge in [-0.05, 0) is 19.1 Å². The van der Waals surface area contributed by atoms with Crippen LogP contribution in [0.1, 0.15) is 5.56 Å². The first-order valence-electron chi connectivity index (χ1n) is 5.70. The molecule has 0 aliphatic heterocycles. The van der Waals surface area contributed by atoms with Gasteiger partial charge in [0.1, 0.15) is 0 Å². The minimum atomic E-state index is -0.120. The van der Waals surface area contributed by atoms with Crippen LogP contribution in [0.5, 0.6) is 0 Å². The molecule has 0 saturated heterocycles. The van der Waals surface area contributed by atoms with Crippen molar-refractivity contribution in [2.75, 3.05) is 5.73 Å². The lowest BCUT2D eigenvalue weighted by molar-refractivity contribution is 0.552. The Balaban J connectivity index is 2.22. The van der Waals surface area contributed by atoms with Crippen LogP contribution in [0.15, 0.2) is 46.2 Å². The van der Waals surface area contributed by atoms with Crippen LogP contribution in [0.25, 0.3) is 0 Å². The number of anilines is 1. The molecule has 5 nitrogen and oxygen atoms in total. The third kappa shape index (κ3) is 2.51. The van der Waals surface area contributed by atoms with Gasteiger partial charge >= 0.3 is 0 Å². The first kappa shape index (κ1) is 12.2. The molecule has 0 atom stereocenters. The molecule has 94 valence electrons. The molecule has 0 bridgehead atoms. The minimum Gasteiger partial charge on any atom is -0.398 e. The van der Waals surface area contributed by atoms with E-state index in [1.54, 1.807) is 36.0 Å². The lowest BCUT2D eigenvalue weighted by atomic mass is 10.3. The Morgan fingerprint density at radius 1 is 1.11 bits per heavy atom. The highest BCUT2D eigenvalue weighted by Gasteiger charge is 2.00. The van der Waals surface area contributed by atoms with Crippen molar-refractivity contribution >= 4 is 5.69 Å². The third-order valence-corrected chi connectivity index (χ3v) is 2.80. The van der Waals surface area contributed by atoms with Gasteiger partial charge in [-0.2, -0.15) is 0 Å². The van der Waals surface area contributed by atoms with Crippen molar-refractivity contribution in [2.45, 2.75) is 20.0 Å². The monoisotopic (exact) mass is 245 g/mol. The second-order valence-electron chi connectivity index (χ2n) is 4.18. The highest BCUT2D eigenvalue weighted by molar-refractivity contribution is 5.33. The maximum Gasteiger partial charge on any atom is 0.253 e. The van der Waals surface area contributed by atoms with E-state index in [4.69, 9.17) is 5.73 Å². The lowest BCUT2D eigenvalue weighted by Crippen LogP contribution is -2.27. The Hall–Kier alpha value is -2.30. The molecule has 0 aromatic carbocycles. The van der Waals surface area contributed by atoms with Crippen molar-refractivity contribution < 1.29 is 0 Å². The summed E-state index contributed by atoms with van der Waals surface area (Å²) in [5.41, 5.74) is 6.69. The zero-order valence-electron chi connectivity index (χ0n) is 10.2. The first-order valence-corrected chi connectivity index (χ1v) is 5.70. The average molecular weight is 245 g/mol. The van der Waals surface area contributed by atoms with Gasteiger partial charge < -0.3 is 14.9 Å². The standard InChI is InChI=1S/C13H15N3O2/c1-10-3-2-6-15(13(10)18)7-8-16-9-11(14)4-5-12(16)17/h2-6,9H,7-8,14H2,1H3. The van der Waals surface area contributed by atoms with E-state index in [9.17, 15) is 9.59 Å². The van der Waals surface area contributed by atoms with Gasteiger partial charge in [-0.3, -0.25) is 9.59 Å². The summed E-state index contributed by atoms with van der Waals surface area (Å²) in [6, 6.07) is 6.58. The fourth-order valence-electron chi connectivity index (χ4n) is 1.77. The number of nitrogens with two attached hydrogens (primary N) is 1. The van der Waals surface area contributed by atoms with Gasteiger partial charge in [0.15, 0.2) is 0 Å². The van der Waals surface area contributed by atoms with Crippen molar-refractivity contribution in [1.82, 2.24) is 9.13 Å². The van der Waals surface area contributed by atoms with Crippen molar-refractivity contribution in [3.63, 3.8) is 0 Å². The van der Waals surface area contributed by atoms with E-state index in [2.05, 4.69) is 0 Å². The molecule has 2 rings (SSSR count). The summed E-state index contributed by atoms with van der Waals surface area (Å²) in [5, 5.41) is 0. The largest absolute Gasteiger partial charge is 0.398 e. The van der Waals surface area contributed by atoms with E-state index in [1.165, 1.54) is 10.6 Å². The van der Waals surface area contributed by atoms with Gasteiger partial charge in [0.2, 0.25) is 0 Å². The quantitative estimate of drug-likeness (QED) is 0.861. The van der Waals surface area contributed by atoms with Crippen LogP contribution in [-0.2, 0) is 13.1 Å². The Bertz CT molecular complexity index is 668. The summed E-state index contributed by atoms with van der Waals surface area (Å²) in [6.07, 6.45) is 3.30. The number of pyridine rings is 2. The van der Waals surface area contributed by atoms with Gasteiger partial charge in [0, 0.05) is 42.8 Å². The number of aryl methyl sites for hydroxylation is 3. The van der Waals surface area contributed by atoms with Gasteiger partial charge in [0.25, 0.3) is 11.1 Å². The Labute approximate surface area is 104 Å². The molecule has 2 aromatic rings. The Kier molecular flexibility index (Phi) is 3.32. The number of aromatic nitrogens is 2. The van der Waals surface area contributed by atoms with E-state index >= 15 is 0 Å². The zero-order valence-corrected chi connectivity index (χ0v) is 10.2. The number of hydrogen-bond acceptors (Lipinski definition) is 3. The summed E-state index contributed by atoms with van der Waals surface area (Å²) < 4.78 is 3.09. The average Bonchev–Trinajstić information content (AvgIpc) is 2.35. The van der Waals surface area contributed by atoms with Crippen molar-refractivity contribution in [1.29, 1.82) is 0 Å². The summed E-state index contributed by atoms with van der Waals surface area (Å²) >= 11 is 0. The number of rotatable bonds is 3. The normalized spacial score (nSPS) is 10.5. The van der Waals surface area contributed by atoms with E-state index in [-0.39, 0.29) is 11.1 Å². The fourth-order valence-corrected chi connectivity index (χ4v) is 1.77. The third-order valence-electron chi connectivity index (χ3n) is 2.80. The topological polar surface area (TPSA) is 70.0 Å². The van der Waals surface area contributed by atoms with Crippen LogP contribution in [0.4, 0.5) is 5.69 Å². The molecule has 2 N–H and O–H groups in total. The van der Waals surface area contributed by atoms with Crippen LogP contribution in [0, 0.1) is 6.92 Å². The molecule has 0 unspecified atom stereocenters. The summed E-state index contributed by atoms with van der Waals surface area (Å²) in [4.78, 5) is 23.4. The molecule has 0 saturated carbocycles. The molecule has 0 fully saturated rings. The smallest absolute Gasteiger partial charge is 0.253 e. The molecular formula is C13H15N3O2. The number of nitrogen functional groups attached to an aromatic ring is 1. The van der Waals surface area contributed by atoms with Crippen molar-refractivity contribution in [3.05, 3.63) is 62.9 Å². The van der Waals surface area contributed by atoms with Crippen LogP contribution in [0.3, 0.4) is 0 Å². The minimum absolute atomic E-state index is 0.0329. The maximum absolute atomic E-state index is 11.8. The fraction of sp³-hybridized carbons (Fsp3) is 0.231. The van der Waals surface area contributed by atoms with Gasteiger partial charge in [0.05, 0.1) is 0 Å². The first-order chi connectivity index (χ1) is 8.58. The summed E-state index contributed by atoms with van der Waals surface area (Å²) in [6.45, 7) is 2.64. The highest BCUT2D eigenvalue weighted by Crippen LogP contribution is 1.96. The van der Waals surface area contributed by atoms with Gasteiger partial charge in [-0.1, -0.05) is 6.07 Å². The van der Waals surface area contributed by atoms with Gasteiger partial charge in [-0.15, -0.1) is 0 Å². The zero-order chi connectivity index (χ0) is 13.1. The number of nitrogens with zero attached hydrogens (tertiary/aromatic N) is 2. The molecule has 2 heterocycles. The molecule has 2 aromatic heterocycles. The van der Waals surface area contributed by atoms with Crippen LogP contribution in [0.2, 0.25) is 0 Å². The van der Waals surface area contributed by atoms with Crippen molar-refractivity contribution in [3.8, 4) is 0 Å². The molecule has 0 radical (unpaired) electrons. The molecule has 0 aliphatic rings. The summed E-state index contributed by atoms with van der Waals surface area (Å²) in [7, 11) is 0. The molecule has 18 heavy (non-hydrogen) atoms. The van der Waals surface area contributed by atoms with E-state index < -0.39 is 0 Å². The maximum atomic E-state index is 11.8. The van der Waals surface area contributed by atoms with E-state index in [0.717, 1.165) is 0 Å². The SMILES string of the molecule is Cc1cccn(CCn2cc(N)ccc2=O)c1=O. The van der Waals surface area contributed by atoms with Crippen LogP contribution >= 0.6 is 0 Å². The van der Waals surface area contributed by atoms with Gasteiger partial charge in [-0.25, -0.2) is 0 Å². The predicted molar refractivity (Wildman–Crippen MR) is 70.6 cm³/mol. The van der Waals surface area contributed by atoms with Crippen LogP contribution in [-0.4, -0.2) is 9.13 Å². The molecule has 0 spiro atoms. The van der Waals surface area contributed by atoms with Crippen LogP contribution < -0.4 is 16.9 Å². The second-order valence-corrected chi connectivity index (χ2v) is 4.18. The summed E-state index contributed by atoms with van der Waals surface area (Å²) in [5.74, 6) is 0. The molecule has 5 heteroatoms. The molecular weight excluding hydrogens is 230 g/mol. The van der Waals surface area contributed by atoms with E-state index in [0.29, 0.717) is 24.3 Å². The lowest BCUT2D eigenvalue weighted by Gasteiger charge is -2.09. The highest BCUT2D eigenvalue weighted by atomic mass is 16.1. The number of hydrogen-bond donors (Lipinski definition) is 1. The predicted octanol–water partition coefficient (Wildman–Crippen LogP) is 0.601. The molecule has 0 amide bonds. The molecule has 0 aliphatic carbocycles. The Morgan fingerprint density at radius 3 is 2.61 bits per heavy atom. The Morgan fingerprint density at radius 2 is 1.83 bits per heavy atom. The second kappa shape index (κ2) is 4.91. The van der Waals surface area contributed by atoms with Crippen molar-refractivity contribution in [2.24, 2.45) is 0 Å². The van der Waals surface area contributed by atoms with E-state index in [1.807, 2.05) is 6.07 Å².